The lowest BCUT2D eigenvalue weighted by molar-refractivity contribution is -0.138. The van der Waals surface area contributed by atoms with E-state index >= 15 is 0 Å². The minimum atomic E-state index is -5.02. The fraction of sp³-hybridized carbons (Fsp3) is 0.133. The van der Waals surface area contributed by atoms with Gasteiger partial charge < -0.3 is 4.74 Å². The Morgan fingerprint density at radius 2 is 1.65 bits per heavy atom. The molecular formula is C15H8F6O2. The van der Waals surface area contributed by atoms with Crippen LogP contribution in [0.2, 0.25) is 0 Å². The van der Waals surface area contributed by atoms with Crippen molar-refractivity contribution in [3.63, 3.8) is 0 Å². The highest BCUT2D eigenvalue weighted by atomic mass is 19.4. The van der Waals surface area contributed by atoms with Crippen LogP contribution in [0.15, 0.2) is 30.3 Å². The Morgan fingerprint density at radius 3 is 2.22 bits per heavy atom. The van der Waals surface area contributed by atoms with Crippen LogP contribution in [-0.2, 0) is 6.18 Å². The van der Waals surface area contributed by atoms with Crippen molar-refractivity contribution in [3.05, 3.63) is 64.5 Å². The molecule has 0 saturated heterocycles. The van der Waals surface area contributed by atoms with Gasteiger partial charge in [0.25, 0.3) is 0 Å². The summed E-state index contributed by atoms with van der Waals surface area (Å²) >= 11 is 0. The molecule has 0 N–H and O–H groups in total. The minimum Gasteiger partial charge on any atom is -0.493 e. The molecule has 0 aliphatic heterocycles. The van der Waals surface area contributed by atoms with Crippen LogP contribution in [0.1, 0.15) is 21.5 Å². The maximum atomic E-state index is 13.7. The molecule has 0 spiro atoms. The molecule has 0 aliphatic rings. The number of carbonyl (C=O) groups excluding carboxylic acids is 1. The molecule has 2 nitrogen and oxygen atoms in total. The van der Waals surface area contributed by atoms with E-state index in [4.69, 9.17) is 0 Å². The molecular weight excluding hydrogens is 326 g/mol. The van der Waals surface area contributed by atoms with Crippen molar-refractivity contribution in [1.29, 1.82) is 0 Å². The molecule has 0 fully saturated rings. The summed E-state index contributed by atoms with van der Waals surface area (Å²) in [6.07, 6.45) is -5.02. The molecule has 0 amide bonds. The van der Waals surface area contributed by atoms with Crippen molar-refractivity contribution in [2.24, 2.45) is 0 Å². The smallest absolute Gasteiger partial charge is 0.417 e. The van der Waals surface area contributed by atoms with Crippen LogP contribution in [0.25, 0.3) is 0 Å². The van der Waals surface area contributed by atoms with Gasteiger partial charge in [0.05, 0.1) is 23.8 Å². The van der Waals surface area contributed by atoms with Gasteiger partial charge in [0.2, 0.25) is 5.78 Å². The van der Waals surface area contributed by atoms with Gasteiger partial charge >= 0.3 is 6.18 Å². The average Bonchev–Trinajstić information content (AvgIpc) is 2.47. The number of hydrogen-bond acceptors (Lipinski definition) is 2. The van der Waals surface area contributed by atoms with Gasteiger partial charge in [-0.2, -0.15) is 13.2 Å². The van der Waals surface area contributed by atoms with Gasteiger partial charge in [-0.15, -0.1) is 0 Å². The number of ketones is 1. The predicted molar refractivity (Wildman–Crippen MR) is 67.7 cm³/mol. The first-order valence-corrected chi connectivity index (χ1v) is 6.11. The average molecular weight is 334 g/mol. The van der Waals surface area contributed by atoms with E-state index in [1.807, 2.05) is 0 Å². The zero-order valence-electron chi connectivity index (χ0n) is 11.5. The Morgan fingerprint density at radius 1 is 1.00 bits per heavy atom. The number of ether oxygens (including phenoxy) is 1. The molecule has 0 radical (unpaired) electrons. The Bertz CT molecular complexity index is 767. The van der Waals surface area contributed by atoms with Gasteiger partial charge in [-0.1, -0.05) is 6.07 Å². The molecule has 0 bridgehead atoms. The first kappa shape index (κ1) is 16.9. The quantitative estimate of drug-likeness (QED) is 0.616. The van der Waals surface area contributed by atoms with Gasteiger partial charge in [0.1, 0.15) is 0 Å². The van der Waals surface area contributed by atoms with Crippen molar-refractivity contribution in [3.8, 4) is 5.75 Å². The second-order valence-corrected chi connectivity index (χ2v) is 4.43. The summed E-state index contributed by atoms with van der Waals surface area (Å²) in [6.45, 7) is 0. The SMILES string of the molecule is COc1c(F)ccc(C(F)(F)F)c1C(=O)c1cccc(F)c1F. The molecule has 0 saturated carbocycles. The zero-order valence-corrected chi connectivity index (χ0v) is 11.5. The molecule has 2 aromatic carbocycles. The van der Waals surface area contributed by atoms with Gasteiger partial charge in [0.15, 0.2) is 23.2 Å². The normalized spacial score (nSPS) is 11.4. The molecule has 0 atom stereocenters. The number of hydrogen-bond donors (Lipinski definition) is 0. The third-order valence-electron chi connectivity index (χ3n) is 3.04. The first-order valence-electron chi connectivity index (χ1n) is 6.11. The van der Waals surface area contributed by atoms with Crippen molar-refractivity contribution in [2.45, 2.75) is 6.18 Å². The van der Waals surface area contributed by atoms with E-state index in [0.29, 0.717) is 18.2 Å². The zero-order chi connectivity index (χ0) is 17.4. The third-order valence-corrected chi connectivity index (χ3v) is 3.04. The number of rotatable bonds is 3. The Hall–Kier alpha value is -2.51. The molecule has 122 valence electrons. The lowest BCUT2D eigenvalue weighted by Crippen LogP contribution is -2.17. The van der Waals surface area contributed by atoms with Crippen LogP contribution in [0.5, 0.6) is 5.75 Å². The fourth-order valence-corrected chi connectivity index (χ4v) is 2.03. The summed E-state index contributed by atoms with van der Waals surface area (Å²) in [5.41, 5.74) is -3.69. The van der Waals surface area contributed by atoms with E-state index in [-0.39, 0.29) is 0 Å². The standard InChI is InChI=1S/C15H8F6O2/c1-23-14-10(17)6-5-8(15(19,20)21)11(14)13(22)7-3-2-4-9(16)12(7)18/h2-6H,1H3. The van der Waals surface area contributed by atoms with E-state index in [1.165, 1.54) is 0 Å². The van der Waals surface area contributed by atoms with Crippen LogP contribution < -0.4 is 4.74 Å². The predicted octanol–water partition coefficient (Wildman–Crippen LogP) is 4.36. The second kappa shape index (κ2) is 5.94. The van der Waals surface area contributed by atoms with E-state index in [0.717, 1.165) is 19.2 Å². The van der Waals surface area contributed by atoms with Crippen LogP contribution >= 0.6 is 0 Å². The molecule has 0 unspecified atom stereocenters. The lowest BCUT2D eigenvalue weighted by Gasteiger charge is -2.16. The van der Waals surface area contributed by atoms with Crippen LogP contribution in [0.4, 0.5) is 26.3 Å². The summed E-state index contributed by atoms with van der Waals surface area (Å²) in [6, 6.07) is 3.25. The monoisotopic (exact) mass is 334 g/mol. The number of benzene rings is 2. The van der Waals surface area contributed by atoms with Crippen molar-refractivity contribution in [2.75, 3.05) is 7.11 Å². The Kier molecular flexibility index (Phi) is 4.35. The Labute approximate surface area is 126 Å². The van der Waals surface area contributed by atoms with E-state index in [9.17, 15) is 31.1 Å². The van der Waals surface area contributed by atoms with E-state index < -0.39 is 51.9 Å². The van der Waals surface area contributed by atoms with Crippen molar-refractivity contribution >= 4 is 5.78 Å². The topological polar surface area (TPSA) is 26.3 Å². The van der Waals surface area contributed by atoms with Gasteiger partial charge in [-0.05, 0) is 24.3 Å². The maximum absolute atomic E-state index is 13.7. The van der Waals surface area contributed by atoms with E-state index in [2.05, 4.69) is 4.74 Å². The number of halogens is 6. The second-order valence-electron chi connectivity index (χ2n) is 4.43. The largest absolute Gasteiger partial charge is 0.493 e. The molecule has 8 heteroatoms. The highest BCUT2D eigenvalue weighted by Crippen LogP contribution is 2.38. The summed E-state index contributed by atoms with van der Waals surface area (Å²) in [7, 11) is 0.858. The fourth-order valence-electron chi connectivity index (χ4n) is 2.03. The summed E-state index contributed by atoms with van der Waals surface area (Å²) in [5.74, 6) is -6.81. The van der Waals surface area contributed by atoms with Gasteiger partial charge in [-0.3, -0.25) is 4.79 Å². The van der Waals surface area contributed by atoms with Crippen molar-refractivity contribution in [1.82, 2.24) is 0 Å². The number of methoxy groups -OCH3 is 1. The molecule has 0 heterocycles. The summed E-state index contributed by atoms with van der Waals surface area (Å²) < 4.78 is 84.2. The van der Waals surface area contributed by atoms with Crippen molar-refractivity contribution < 1.29 is 35.9 Å². The summed E-state index contributed by atoms with van der Waals surface area (Å²) in [5, 5.41) is 0. The minimum absolute atomic E-state index is 0.336. The molecule has 0 aromatic heterocycles. The van der Waals surface area contributed by atoms with Crippen LogP contribution in [0.3, 0.4) is 0 Å². The van der Waals surface area contributed by atoms with Crippen LogP contribution in [-0.4, -0.2) is 12.9 Å². The van der Waals surface area contributed by atoms with Crippen LogP contribution in [0, 0.1) is 17.5 Å². The maximum Gasteiger partial charge on any atom is 0.417 e. The highest BCUT2D eigenvalue weighted by molar-refractivity contribution is 6.12. The molecule has 0 aliphatic carbocycles. The molecule has 23 heavy (non-hydrogen) atoms. The summed E-state index contributed by atoms with van der Waals surface area (Å²) in [4.78, 5) is 12.3. The van der Waals surface area contributed by atoms with Gasteiger partial charge in [-0.25, -0.2) is 13.2 Å². The first-order chi connectivity index (χ1) is 10.7. The Balaban J connectivity index is 2.77. The number of carbonyl (C=O) groups is 1. The van der Waals surface area contributed by atoms with Gasteiger partial charge in [0, 0.05) is 0 Å². The number of alkyl halides is 3. The third kappa shape index (κ3) is 3.01. The van der Waals surface area contributed by atoms with E-state index in [1.54, 1.807) is 0 Å². The molecule has 2 rings (SSSR count). The highest BCUT2D eigenvalue weighted by Gasteiger charge is 2.39. The molecule has 2 aromatic rings. The lowest BCUT2D eigenvalue weighted by atomic mass is 9.96.